The molecule has 0 fully saturated rings. The van der Waals surface area contributed by atoms with E-state index in [-0.39, 0.29) is 5.54 Å². The van der Waals surface area contributed by atoms with Crippen LogP contribution in [0.2, 0.25) is 0 Å². The zero-order valence-electron chi connectivity index (χ0n) is 11.5. The molecule has 18 heavy (non-hydrogen) atoms. The monoisotopic (exact) mass is 261 g/mol. The first-order valence-electron chi connectivity index (χ1n) is 6.06. The molecule has 0 aliphatic rings. The number of H-pyrrole nitrogens is 1. The minimum absolute atomic E-state index is 0.0866. The molecule has 0 unspecified atom stereocenters. The number of aromatic nitrogens is 3. The van der Waals surface area contributed by atoms with Crippen molar-refractivity contribution in [1.82, 2.24) is 14.8 Å². The Morgan fingerprint density at radius 2 is 1.89 bits per heavy atom. The van der Waals surface area contributed by atoms with Crippen LogP contribution in [-0.4, -0.2) is 14.8 Å². The van der Waals surface area contributed by atoms with Gasteiger partial charge < -0.3 is 0 Å². The van der Waals surface area contributed by atoms with Gasteiger partial charge in [0.1, 0.15) is 0 Å². The Balaban J connectivity index is 2.69. The molecule has 1 aromatic carbocycles. The maximum Gasteiger partial charge on any atom is 0.195 e. The molecular formula is C14H19N3S. The topological polar surface area (TPSA) is 33.6 Å². The van der Waals surface area contributed by atoms with Crippen LogP contribution >= 0.6 is 12.2 Å². The van der Waals surface area contributed by atoms with E-state index in [0.29, 0.717) is 4.77 Å². The molecule has 1 aromatic heterocycles. The summed E-state index contributed by atoms with van der Waals surface area (Å²) in [6.07, 6.45) is 0. The van der Waals surface area contributed by atoms with E-state index in [4.69, 9.17) is 12.2 Å². The fraction of sp³-hybridized carbons (Fsp3) is 0.429. The third kappa shape index (κ3) is 2.25. The number of nitrogens with zero attached hydrogens (tertiary/aromatic N) is 2. The predicted molar refractivity (Wildman–Crippen MR) is 77.3 cm³/mol. The van der Waals surface area contributed by atoms with Gasteiger partial charge in [-0.15, -0.1) is 0 Å². The molecule has 0 radical (unpaired) electrons. The summed E-state index contributed by atoms with van der Waals surface area (Å²) < 4.78 is 2.73. The number of hydrogen-bond donors (Lipinski definition) is 1. The van der Waals surface area contributed by atoms with Gasteiger partial charge in [0, 0.05) is 11.1 Å². The van der Waals surface area contributed by atoms with Crippen molar-refractivity contribution < 1.29 is 0 Å². The van der Waals surface area contributed by atoms with E-state index in [1.165, 1.54) is 11.1 Å². The van der Waals surface area contributed by atoms with Gasteiger partial charge in [-0.2, -0.15) is 5.10 Å². The summed E-state index contributed by atoms with van der Waals surface area (Å²) in [5.41, 5.74) is 3.52. The van der Waals surface area contributed by atoms with Gasteiger partial charge in [0.15, 0.2) is 10.6 Å². The van der Waals surface area contributed by atoms with Crippen LogP contribution in [-0.2, 0) is 5.54 Å². The zero-order chi connectivity index (χ0) is 13.5. The molecule has 2 rings (SSSR count). The molecule has 0 spiro atoms. The molecule has 0 saturated heterocycles. The highest BCUT2D eigenvalue weighted by Gasteiger charge is 2.21. The van der Waals surface area contributed by atoms with Crippen LogP contribution < -0.4 is 0 Å². The molecule has 0 atom stereocenters. The van der Waals surface area contributed by atoms with Crippen molar-refractivity contribution in [1.29, 1.82) is 0 Å². The molecule has 0 saturated carbocycles. The average molecular weight is 261 g/mol. The minimum Gasteiger partial charge on any atom is -0.295 e. The standard InChI is InChI=1S/C14H19N3S/c1-9-6-7-11(10(2)8-9)12-15-16-13(18)17(12)14(3,4)5/h6-8H,1-5H3,(H,16,18). The Morgan fingerprint density at radius 1 is 1.22 bits per heavy atom. The number of hydrogen-bond acceptors (Lipinski definition) is 2. The van der Waals surface area contributed by atoms with Gasteiger partial charge in [-0.1, -0.05) is 23.8 Å². The summed E-state index contributed by atoms with van der Waals surface area (Å²) >= 11 is 5.33. The SMILES string of the molecule is Cc1ccc(-c2n[nH]c(=S)n2C(C)(C)C)c(C)c1. The molecule has 0 aliphatic heterocycles. The van der Waals surface area contributed by atoms with Gasteiger partial charge in [0.2, 0.25) is 0 Å². The smallest absolute Gasteiger partial charge is 0.195 e. The first kappa shape index (κ1) is 13.0. The fourth-order valence-corrected chi connectivity index (χ4v) is 2.57. The number of aryl methyl sites for hydroxylation is 2. The molecule has 1 N–H and O–H groups in total. The van der Waals surface area contributed by atoms with Crippen LogP contribution in [0.5, 0.6) is 0 Å². The van der Waals surface area contributed by atoms with Crippen molar-refractivity contribution in [3.8, 4) is 11.4 Å². The average Bonchev–Trinajstić information content (AvgIpc) is 2.59. The van der Waals surface area contributed by atoms with Crippen LogP contribution in [0.25, 0.3) is 11.4 Å². The van der Waals surface area contributed by atoms with Crippen molar-refractivity contribution in [2.45, 2.75) is 40.2 Å². The maximum absolute atomic E-state index is 5.33. The van der Waals surface area contributed by atoms with Crippen molar-refractivity contribution >= 4 is 12.2 Å². The van der Waals surface area contributed by atoms with E-state index < -0.39 is 0 Å². The molecule has 4 heteroatoms. The molecular weight excluding hydrogens is 242 g/mol. The minimum atomic E-state index is -0.0866. The van der Waals surface area contributed by atoms with Crippen molar-refractivity contribution in [2.24, 2.45) is 0 Å². The van der Waals surface area contributed by atoms with Crippen molar-refractivity contribution in [2.75, 3.05) is 0 Å². The fourth-order valence-electron chi connectivity index (χ4n) is 2.16. The van der Waals surface area contributed by atoms with E-state index in [9.17, 15) is 0 Å². The van der Waals surface area contributed by atoms with Crippen LogP contribution in [0.1, 0.15) is 31.9 Å². The lowest BCUT2D eigenvalue weighted by molar-refractivity contribution is 0.395. The van der Waals surface area contributed by atoms with Gasteiger partial charge in [-0.3, -0.25) is 9.67 Å². The second kappa shape index (κ2) is 4.35. The maximum atomic E-state index is 5.33. The second-order valence-electron chi connectivity index (χ2n) is 5.68. The number of benzene rings is 1. The van der Waals surface area contributed by atoms with Gasteiger partial charge in [0.05, 0.1) is 0 Å². The van der Waals surface area contributed by atoms with Gasteiger partial charge in [-0.05, 0) is 52.4 Å². The lowest BCUT2D eigenvalue weighted by Gasteiger charge is -2.23. The second-order valence-corrected chi connectivity index (χ2v) is 6.06. The Bertz CT molecular complexity index is 629. The summed E-state index contributed by atoms with van der Waals surface area (Å²) in [6.45, 7) is 10.6. The van der Waals surface area contributed by atoms with E-state index in [1.54, 1.807) is 0 Å². The summed E-state index contributed by atoms with van der Waals surface area (Å²) in [5, 5.41) is 7.29. The molecule has 2 aromatic rings. The van der Waals surface area contributed by atoms with E-state index >= 15 is 0 Å². The Kier molecular flexibility index (Phi) is 3.15. The lowest BCUT2D eigenvalue weighted by Crippen LogP contribution is -2.23. The normalized spacial score (nSPS) is 11.8. The zero-order valence-corrected chi connectivity index (χ0v) is 12.4. The first-order valence-corrected chi connectivity index (χ1v) is 6.47. The van der Waals surface area contributed by atoms with E-state index in [0.717, 1.165) is 11.4 Å². The number of aromatic amines is 1. The predicted octanol–water partition coefficient (Wildman–Crippen LogP) is 3.98. The Hall–Kier alpha value is -1.42. The van der Waals surface area contributed by atoms with Crippen molar-refractivity contribution in [3.63, 3.8) is 0 Å². The Labute approximate surface area is 113 Å². The number of nitrogens with one attached hydrogen (secondary N) is 1. The molecule has 0 aliphatic carbocycles. The highest BCUT2D eigenvalue weighted by atomic mass is 32.1. The lowest BCUT2D eigenvalue weighted by atomic mass is 10.0. The van der Waals surface area contributed by atoms with Crippen LogP contribution in [0, 0.1) is 18.6 Å². The van der Waals surface area contributed by atoms with Crippen molar-refractivity contribution in [3.05, 3.63) is 34.1 Å². The first-order chi connectivity index (χ1) is 8.30. The molecule has 1 heterocycles. The summed E-state index contributed by atoms with van der Waals surface area (Å²) in [6, 6.07) is 6.38. The number of rotatable bonds is 1. The molecule has 0 amide bonds. The largest absolute Gasteiger partial charge is 0.295 e. The Morgan fingerprint density at radius 3 is 2.44 bits per heavy atom. The third-order valence-corrected chi connectivity index (χ3v) is 3.24. The summed E-state index contributed by atoms with van der Waals surface area (Å²) in [7, 11) is 0. The molecule has 0 bridgehead atoms. The van der Waals surface area contributed by atoms with E-state index in [1.807, 2.05) is 0 Å². The van der Waals surface area contributed by atoms with Gasteiger partial charge >= 0.3 is 0 Å². The molecule has 3 nitrogen and oxygen atoms in total. The van der Waals surface area contributed by atoms with Crippen LogP contribution in [0.3, 0.4) is 0 Å². The quantitative estimate of drug-likeness (QED) is 0.788. The van der Waals surface area contributed by atoms with Gasteiger partial charge in [-0.25, -0.2) is 0 Å². The highest BCUT2D eigenvalue weighted by Crippen LogP contribution is 2.27. The van der Waals surface area contributed by atoms with Crippen LogP contribution in [0.4, 0.5) is 0 Å². The third-order valence-electron chi connectivity index (χ3n) is 2.97. The summed E-state index contributed by atoms with van der Waals surface area (Å²) in [5.74, 6) is 0.907. The molecule has 96 valence electrons. The van der Waals surface area contributed by atoms with E-state index in [2.05, 4.69) is 67.6 Å². The summed E-state index contributed by atoms with van der Waals surface area (Å²) in [4.78, 5) is 0. The van der Waals surface area contributed by atoms with Crippen LogP contribution in [0.15, 0.2) is 18.2 Å². The highest BCUT2D eigenvalue weighted by molar-refractivity contribution is 7.71. The van der Waals surface area contributed by atoms with Gasteiger partial charge in [0.25, 0.3) is 0 Å².